The minimum Gasteiger partial charge on any atom is -0.377 e. The number of nitrogens with two attached hydrogens (primary N) is 1. The van der Waals surface area contributed by atoms with E-state index in [0.29, 0.717) is 0 Å². The predicted molar refractivity (Wildman–Crippen MR) is 79.0 cm³/mol. The van der Waals surface area contributed by atoms with Gasteiger partial charge < -0.3 is 10.5 Å². The normalized spacial score (nSPS) is 22.1. The van der Waals surface area contributed by atoms with E-state index in [-0.39, 0.29) is 24.0 Å². The Kier molecular flexibility index (Phi) is 5.52. The van der Waals surface area contributed by atoms with Crippen molar-refractivity contribution in [2.45, 2.75) is 44.4 Å². The minimum atomic E-state index is -0.207. The fourth-order valence-electron chi connectivity index (χ4n) is 2.97. The Morgan fingerprint density at radius 3 is 2.90 bits per heavy atom. The molecule has 0 radical (unpaired) electrons. The largest absolute Gasteiger partial charge is 0.377 e. The van der Waals surface area contributed by atoms with E-state index in [1.165, 1.54) is 6.07 Å². The summed E-state index contributed by atoms with van der Waals surface area (Å²) in [6.07, 6.45) is 3.36. The molecule has 1 heterocycles. The van der Waals surface area contributed by atoms with E-state index in [1.807, 2.05) is 13.1 Å². The Hall–Kier alpha value is -0.970. The van der Waals surface area contributed by atoms with Crippen molar-refractivity contribution in [1.82, 2.24) is 4.90 Å². The summed E-state index contributed by atoms with van der Waals surface area (Å²) >= 11 is 0. The molecule has 0 spiro atoms. The highest BCUT2D eigenvalue weighted by Gasteiger charge is 2.27. The zero-order valence-corrected chi connectivity index (χ0v) is 12.4. The summed E-state index contributed by atoms with van der Waals surface area (Å²) in [5, 5.41) is 0. The number of hydrogen-bond acceptors (Lipinski definition) is 3. The summed E-state index contributed by atoms with van der Waals surface area (Å²) in [7, 11) is 2.05. The van der Waals surface area contributed by atoms with Gasteiger partial charge >= 0.3 is 0 Å². The van der Waals surface area contributed by atoms with E-state index in [9.17, 15) is 4.39 Å². The number of nitrogens with zero attached hydrogens (tertiary/aromatic N) is 1. The summed E-state index contributed by atoms with van der Waals surface area (Å²) in [6.45, 7) is 3.76. The van der Waals surface area contributed by atoms with Crippen LogP contribution in [0.1, 0.15) is 37.8 Å². The first-order chi connectivity index (χ1) is 9.61. The van der Waals surface area contributed by atoms with Crippen LogP contribution in [0.3, 0.4) is 0 Å². The molecule has 2 N–H and O–H groups in total. The van der Waals surface area contributed by atoms with Gasteiger partial charge in [-0.2, -0.15) is 0 Å². The van der Waals surface area contributed by atoms with Gasteiger partial charge in [-0.25, -0.2) is 4.39 Å². The third-order valence-electron chi connectivity index (χ3n) is 4.06. The van der Waals surface area contributed by atoms with Gasteiger partial charge in [-0.15, -0.1) is 0 Å². The number of rotatable bonds is 6. The zero-order chi connectivity index (χ0) is 14.5. The molecule has 0 saturated carbocycles. The van der Waals surface area contributed by atoms with Crippen LogP contribution < -0.4 is 5.73 Å². The van der Waals surface area contributed by atoms with Gasteiger partial charge in [0, 0.05) is 25.2 Å². The average molecular weight is 280 g/mol. The first kappa shape index (κ1) is 15.4. The van der Waals surface area contributed by atoms with E-state index in [2.05, 4.69) is 11.8 Å². The summed E-state index contributed by atoms with van der Waals surface area (Å²) in [6, 6.07) is 6.78. The molecule has 3 nitrogen and oxygen atoms in total. The molecule has 0 aliphatic carbocycles. The van der Waals surface area contributed by atoms with Crippen LogP contribution in [0.15, 0.2) is 24.3 Å². The number of halogens is 1. The molecule has 20 heavy (non-hydrogen) atoms. The molecule has 1 aromatic carbocycles. The van der Waals surface area contributed by atoms with Crippen LogP contribution >= 0.6 is 0 Å². The summed E-state index contributed by atoms with van der Waals surface area (Å²) in [4.78, 5) is 2.21. The van der Waals surface area contributed by atoms with Gasteiger partial charge in [-0.1, -0.05) is 19.1 Å². The minimum absolute atomic E-state index is 0.0109. The molecule has 3 atom stereocenters. The van der Waals surface area contributed by atoms with Gasteiger partial charge in [0.25, 0.3) is 0 Å². The lowest BCUT2D eigenvalue weighted by atomic mass is 9.96. The highest BCUT2D eigenvalue weighted by atomic mass is 19.1. The van der Waals surface area contributed by atoms with Crippen molar-refractivity contribution in [1.29, 1.82) is 0 Å². The second-order valence-corrected chi connectivity index (χ2v) is 5.65. The lowest BCUT2D eigenvalue weighted by Crippen LogP contribution is -2.42. The third kappa shape index (κ3) is 3.78. The molecule has 0 bridgehead atoms. The predicted octanol–water partition coefficient (Wildman–Crippen LogP) is 2.71. The van der Waals surface area contributed by atoms with Gasteiger partial charge in [0.2, 0.25) is 0 Å². The fourth-order valence-corrected chi connectivity index (χ4v) is 2.97. The summed E-state index contributed by atoms with van der Waals surface area (Å²) < 4.78 is 19.2. The topological polar surface area (TPSA) is 38.5 Å². The van der Waals surface area contributed by atoms with Crippen molar-refractivity contribution in [3.05, 3.63) is 35.6 Å². The third-order valence-corrected chi connectivity index (χ3v) is 4.06. The van der Waals surface area contributed by atoms with Gasteiger partial charge in [-0.05, 0) is 44.0 Å². The van der Waals surface area contributed by atoms with Crippen molar-refractivity contribution in [3.63, 3.8) is 0 Å². The van der Waals surface area contributed by atoms with Crippen molar-refractivity contribution < 1.29 is 9.13 Å². The summed E-state index contributed by atoms with van der Waals surface area (Å²) in [5.74, 6) is -0.207. The molecule has 0 aromatic heterocycles. The molecule has 3 unspecified atom stereocenters. The van der Waals surface area contributed by atoms with Crippen molar-refractivity contribution in [2.24, 2.45) is 5.73 Å². The standard InChI is InChI=1S/C16H25FN2O/c1-3-15(18)16(12-6-4-7-13(17)10-12)19(2)11-14-8-5-9-20-14/h4,6-7,10,14-16H,3,5,8-9,11,18H2,1-2H3. The van der Waals surface area contributed by atoms with Crippen LogP contribution in [-0.4, -0.2) is 37.2 Å². The number of likely N-dealkylation sites (N-methyl/N-ethyl adjacent to an activating group) is 1. The second-order valence-electron chi connectivity index (χ2n) is 5.65. The van der Waals surface area contributed by atoms with Crippen LogP contribution in [0.5, 0.6) is 0 Å². The van der Waals surface area contributed by atoms with Crippen molar-refractivity contribution in [2.75, 3.05) is 20.2 Å². The van der Waals surface area contributed by atoms with Gasteiger partial charge in [0.05, 0.1) is 6.10 Å². The van der Waals surface area contributed by atoms with Crippen molar-refractivity contribution in [3.8, 4) is 0 Å². The fraction of sp³-hybridized carbons (Fsp3) is 0.625. The van der Waals surface area contributed by atoms with Crippen molar-refractivity contribution >= 4 is 0 Å². The van der Waals surface area contributed by atoms with Crippen LogP contribution in [0.25, 0.3) is 0 Å². The molecular weight excluding hydrogens is 255 g/mol. The lowest BCUT2D eigenvalue weighted by molar-refractivity contribution is 0.0628. The van der Waals surface area contributed by atoms with Crippen LogP contribution in [0.4, 0.5) is 4.39 Å². The maximum absolute atomic E-state index is 13.5. The molecular formula is C16H25FN2O. The van der Waals surface area contributed by atoms with E-state index in [1.54, 1.807) is 12.1 Å². The van der Waals surface area contributed by atoms with Gasteiger partial charge in [0.15, 0.2) is 0 Å². The molecule has 1 fully saturated rings. The zero-order valence-electron chi connectivity index (χ0n) is 12.4. The Morgan fingerprint density at radius 1 is 1.50 bits per heavy atom. The van der Waals surface area contributed by atoms with Crippen LogP contribution in [0, 0.1) is 5.82 Å². The monoisotopic (exact) mass is 280 g/mol. The first-order valence-electron chi connectivity index (χ1n) is 7.44. The summed E-state index contributed by atoms with van der Waals surface area (Å²) in [5.41, 5.74) is 7.21. The van der Waals surface area contributed by atoms with Crippen LogP contribution in [0.2, 0.25) is 0 Å². The molecule has 1 aliphatic heterocycles. The quantitative estimate of drug-likeness (QED) is 0.870. The Morgan fingerprint density at radius 2 is 2.30 bits per heavy atom. The molecule has 1 aromatic rings. The Bertz CT molecular complexity index is 421. The number of ether oxygens (including phenoxy) is 1. The maximum Gasteiger partial charge on any atom is 0.123 e. The maximum atomic E-state index is 13.5. The lowest BCUT2D eigenvalue weighted by Gasteiger charge is -2.34. The second kappa shape index (κ2) is 7.16. The average Bonchev–Trinajstić information content (AvgIpc) is 2.91. The first-order valence-corrected chi connectivity index (χ1v) is 7.44. The highest BCUT2D eigenvalue weighted by molar-refractivity contribution is 5.22. The van der Waals surface area contributed by atoms with Crippen LogP contribution in [-0.2, 0) is 4.74 Å². The Labute approximate surface area is 120 Å². The van der Waals surface area contributed by atoms with Gasteiger partial charge in [0.1, 0.15) is 5.82 Å². The van der Waals surface area contributed by atoms with E-state index in [4.69, 9.17) is 10.5 Å². The highest BCUT2D eigenvalue weighted by Crippen LogP contribution is 2.26. The molecule has 0 amide bonds. The van der Waals surface area contributed by atoms with E-state index >= 15 is 0 Å². The Balaban J connectivity index is 2.13. The van der Waals surface area contributed by atoms with E-state index in [0.717, 1.165) is 38.0 Å². The SMILES string of the molecule is CCC(N)C(c1cccc(F)c1)N(C)CC1CCCO1. The molecule has 1 saturated heterocycles. The smallest absolute Gasteiger partial charge is 0.123 e. The molecule has 1 aliphatic rings. The molecule has 2 rings (SSSR count). The number of benzene rings is 1. The van der Waals surface area contributed by atoms with E-state index < -0.39 is 0 Å². The van der Waals surface area contributed by atoms with Gasteiger partial charge in [-0.3, -0.25) is 4.90 Å². The molecule has 112 valence electrons. The molecule has 4 heteroatoms. The number of hydrogen-bond donors (Lipinski definition) is 1.